The number of aliphatic hydroxyl groups excluding tert-OH is 1. The summed E-state index contributed by atoms with van der Waals surface area (Å²) in [7, 11) is 0. The van der Waals surface area contributed by atoms with Crippen LogP contribution in [0.25, 0.3) is 11.1 Å². The Kier molecular flexibility index (Phi) is 9.59. The second kappa shape index (κ2) is 12.6. The highest BCUT2D eigenvalue weighted by Gasteiger charge is 2.37. The maximum absolute atomic E-state index is 13.3. The fraction of sp³-hybridized carbons (Fsp3) is 0.433. The zero-order chi connectivity index (χ0) is 26.2. The van der Waals surface area contributed by atoms with E-state index >= 15 is 0 Å². The number of nitrogens with one attached hydrogen (secondary N) is 2. The first kappa shape index (κ1) is 27.3. The SMILES string of the molecule is CC(C)C[C@H](NC(=O)CCCc1ccccc1)C(=O)N[C@@H](C(C)C)[C@@H](O)c1c(-c2ccccc2)c1=O. The number of aliphatic hydroxyl groups is 1. The van der Waals surface area contributed by atoms with Gasteiger partial charge in [0.15, 0.2) is 5.43 Å². The Bertz CT molecular complexity index is 1130. The molecule has 0 unspecified atom stereocenters. The van der Waals surface area contributed by atoms with Gasteiger partial charge in [-0.15, -0.1) is 0 Å². The van der Waals surface area contributed by atoms with E-state index in [0.29, 0.717) is 30.4 Å². The van der Waals surface area contributed by atoms with Gasteiger partial charge in [0.05, 0.1) is 6.04 Å². The van der Waals surface area contributed by atoms with E-state index in [-0.39, 0.29) is 29.1 Å². The lowest BCUT2D eigenvalue weighted by Crippen LogP contribution is -2.52. The minimum absolute atomic E-state index is 0.122. The van der Waals surface area contributed by atoms with Crippen molar-refractivity contribution < 1.29 is 14.7 Å². The number of rotatable bonds is 13. The fourth-order valence-electron chi connectivity index (χ4n) is 4.48. The fourth-order valence-corrected chi connectivity index (χ4v) is 4.48. The quantitative estimate of drug-likeness (QED) is 0.333. The third-order valence-corrected chi connectivity index (χ3v) is 6.48. The molecule has 3 rings (SSSR count). The van der Waals surface area contributed by atoms with Gasteiger partial charge in [0.2, 0.25) is 11.8 Å². The number of amides is 2. The van der Waals surface area contributed by atoms with Crippen LogP contribution in [0, 0.1) is 11.8 Å². The molecule has 3 N–H and O–H groups in total. The predicted octanol–water partition coefficient (Wildman–Crippen LogP) is 4.32. The molecular formula is C30H38N2O4. The van der Waals surface area contributed by atoms with Gasteiger partial charge in [0, 0.05) is 17.5 Å². The van der Waals surface area contributed by atoms with Crippen LogP contribution >= 0.6 is 0 Å². The van der Waals surface area contributed by atoms with Gasteiger partial charge >= 0.3 is 0 Å². The Labute approximate surface area is 213 Å². The number of hydrogen-bond acceptors (Lipinski definition) is 4. The van der Waals surface area contributed by atoms with E-state index in [0.717, 1.165) is 12.0 Å². The molecule has 0 aliphatic carbocycles. The van der Waals surface area contributed by atoms with Crippen molar-refractivity contribution in [1.29, 1.82) is 0 Å². The zero-order valence-electron chi connectivity index (χ0n) is 21.7. The third kappa shape index (κ3) is 7.37. The van der Waals surface area contributed by atoms with Crippen molar-refractivity contribution in [1.82, 2.24) is 10.6 Å². The second-order valence-electron chi connectivity index (χ2n) is 10.3. The Hall–Kier alpha value is -3.25. The Morgan fingerprint density at radius 1 is 0.889 bits per heavy atom. The molecule has 0 spiro atoms. The normalized spacial score (nSPS) is 14.1. The summed E-state index contributed by atoms with van der Waals surface area (Å²) >= 11 is 0. The topological polar surface area (TPSA) is 95.5 Å². The van der Waals surface area contributed by atoms with Gasteiger partial charge in [0.1, 0.15) is 12.1 Å². The lowest BCUT2D eigenvalue weighted by atomic mass is 9.94. The maximum atomic E-state index is 13.3. The van der Waals surface area contributed by atoms with Crippen molar-refractivity contribution in [2.45, 2.75) is 71.6 Å². The van der Waals surface area contributed by atoms with E-state index in [4.69, 9.17) is 0 Å². The van der Waals surface area contributed by atoms with Crippen molar-refractivity contribution in [2.24, 2.45) is 11.8 Å². The Balaban J connectivity index is 1.63. The summed E-state index contributed by atoms with van der Waals surface area (Å²) in [4.78, 5) is 38.4. The summed E-state index contributed by atoms with van der Waals surface area (Å²) < 4.78 is 0. The Morgan fingerprint density at radius 2 is 1.50 bits per heavy atom. The van der Waals surface area contributed by atoms with Crippen LogP contribution in [0.1, 0.15) is 64.2 Å². The van der Waals surface area contributed by atoms with Gasteiger partial charge in [-0.3, -0.25) is 14.4 Å². The van der Waals surface area contributed by atoms with Crippen LogP contribution in [-0.4, -0.2) is 29.0 Å². The molecule has 6 heteroatoms. The molecule has 6 nitrogen and oxygen atoms in total. The first-order valence-corrected chi connectivity index (χ1v) is 12.8. The van der Waals surface area contributed by atoms with Crippen molar-refractivity contribution in [2.75, 3.05) is 0 Å². The second-order valence-corrected chi connectivity index (χ2v) is 10.3. The predicted molar refractivity (Wildman–Crippen MR) is 143 cm³/mol. The van der Waals surface area contributed by atoms with Gasteiger partial charge in [-0.25, -0.2) is 0 Å². The van der Waals surface area contributed by atoms with E-state index in [1.807, 2.05) is 88.4 Å². The molecule has 0 fully saturated rings. The van der Waals surface area contributed by atoms with Gasteiger partial charge in [-0.1, -0.05) is 88.4 Å². The lowest BCUT2D eigenvalue weighted by Gasteiger charge is -2.29. The standard InChI is InChI=1S/C30H38N2O4/c1-19(2)18-23(31-24(33)17-11-14-21-12-7-5-8-13-21)30(36)32-27(20(3)4)29(35)26-25(28(26)34)22-15-9-6-10-16-22/h5-10,12-13,15-16,19-20,23,27,29,35H,11,14,17-18H2,1-4H3,(H,31,33)(H,32,36)/t23-,27-,29-/m0/s1. The third-order valence-electron chi connectivity index (χ3n) is 6.48. The van der Waals surface area contributed by atoms with Gasteiger partial charge < -0.3 is 15.7 Å². The zero-order valence-corrected chi connectivity index (χ0v) is 21.7. The van der Waals surface area contributed by atoms with E-state index in [1.54, 1.807) is 0 Å². The van der Waals surface area contributed by atoms with Crippen molar-refractivity contribution in [3.05, 3.63) is 82.0 Å². The highest BCUT2D eigenvalue weighted by molar-refractivity contribution is 5.88. The number of carbonyl (C=O) groups excluding carboxylic acids is 2. The van der Waals surface area contributed by atoms with E-state index < -0.39 is 18.2 Å². The molecule has 0 aliphatic heterocycles. The molecule has 3 aromatic rings. The molecule has 0 aromatic heterocycles. The molecule has 0 bridgehead atoms. The summed E-state index contributed by atoms with van der Waals surface area (Å²) in [5.41, 5.74) is 2.65. The average molecular weight is 491 g/mol. The van der Waals surface area contributed by atoms with E-state index in [2.05, 4.69) is 10.6 Å². The molecule has 0 saturated carbocycles. The summed E-state index contributed by atoms with van der Waals surface area (Å²) in [6.45, 7) is 7.78. The molecule has 0 aliphatic rings. The number of hydrogen-bond donors (Lipinski definition) is 3. The first-order chi connectivity index (χ1) is 17.2. The molecule has 0 saturated heterocycles. The van der Waals surface area contributed by atoms with Gasteiger partial charge in [-0.2, -0.15) is 0 Å². The van der Waals surface area contributed by atoms with E-state index in [9.17, 15) is 19.5 Å². The smallest absolute Gasteiger partial charge is 0.242 e. The maximum Gasteiger partial charge on any atom is 0.242 e. The highest BCUT2D eigenvalue weighted by Crippen LogP contribution is 2.33. The van der Waals surface area contributed by atoms with Crippen LogP contribution < -0.4 is 16.1 Å². The Morgan fingerprint density at radius 3 is 2.08 bits per heavy atom. The molecule has 0 radical (unpaired) electrons. The molecular weight excluding hydrogens is 452 g/mol. The van der Waals surface area contributed by atoms with Crippen molar-refractivity contribution >= 4 is 11.8 Å². The number of benzene rings is 2. The van der Waals surface area contributed by atoms with Crippen LogP contribution in [0.5, 0.6) is 0 Å². The minimum Gasteiger partial charge on any atom is -0.386 e. The molecule has 36 heavy (non-hydrogen) atoms. The minimum atomic E-state index is -1.11. The summed E-state index contributed by atoms with van der Waals surface area (Å²) in [5, 5.41) is 16.9. The van der Waals surface area contributed by atoms with Crippen LogP contribution in [0.15, 0.2) is 65.5 Å². The highest BCUT2D eigenvalue weighted by atomic mass is 16.3. The molecule has 3 atom stereocenters. The molecule has 192 valence electrons. The van der Waals surface area contributed by atoms with Gasteiger partial charge in [0.25, 0.3) is 0 Å². The number of carbonyl (C=O) groups is 2. The first-order valence-electron chi connectivity index (χ1n) is 12.8. The van der Waals surface area contributed by atoms with Crippen LogP contribution in [-0.2, 0) is 16.0 Å². The van der Waals surface area contributed by atoms with Crippen LogP contribution in [0.3, 0.4) is 0 Å². The largest absolute Gasteiger partial charge is 0.386 e. The summed E-state index contributed by atoms with van der Waals surface area (Å²) in [6.07, 6.45) is 1.18. The van der Waals surface area contributed by atoms with Crippen molar-refractivity contribution in [3.8, 4) is 11.1 Å². The van der Waals surface area contributed by atoms with Crippen LogP contribution in [0.4, 0.5) is 0 Å². The summed E-state index contributed by atoms with van der Waals surface area (Å²) in [6, 6.07) is 17.9. The van der Waals surface area contributed by atoms with Crippen LogP contribution in [0.2, 0.25) is 0 Å². The monoisotopic (exact) mass is 490 g/mol. The van der Waals surface area contributed by atoms with Gasteiger partial charge in [-0.05, 0) is 42.2 Å². The average Bonchev–Trinajstić information content (AvgIpc) is 3.53. The van der Waals surface area contributed by atoms with Crippen molar-refractivity contribution in [3.63, 3.8) is 0 Å². The number of aryl methyl sites for hydroxylation is 1. The molecule has 3 aromatic carbocycles. The van der Waals surface area contributed by atoms with E-state index in [1.165, 1.54) is 5.56 Å². The summed E-state index contributed by atoms with van der Waals surface area (Å²) in [5.74, 6) is -0.444. The molecule has 2 amide bonds. The molecule has 0 heterocycles. The lowest BCUT2D eigenvalue weighted by molar-refractivity contribution is -0.130.